The van der Waals surface area contributed by atoms with E-state index in [2.05, 4.69) is 26.8 Å². The molecule has 14 heteroatoms. The third kappa shape index (κ3) is 16.1. The van der Waals surface area contributed by atoms with Gasteiger partial charge in [0.2, 0.25) is 5.79 Å². The maximum absolute atomic E-state index is 14.5. The molecule has 1 unspecified atom stereocenters. The number of esters is 1. The number of methoxy groups -OCH3 is 2. The Balaban J connectivity index is 1.66. The molecule has 4 rings (SSSR count). The highest BCUT2D eigenvalue weighted by molar-refractivity contribution is 7.57. The Morgan fingerprint density at radius 2 is 1.54 bits per heavy atom. The number of Topliss-reactive ketones (excluding diaryl/α,β-unsaturated/α-hetero) is 2. The fourth-order valence-electron chi connectivity index (χ4n) is 10.7. The number of amides is 1. The molecule has 2 saturated heterocycles. The van der Waals surface area contributed by atoms with Crippen molar-refractivity contribution in [2.45, 2.75) is 187 Å². The minimum Gasteiger partial charge on any atom is -0.461 e. The summed E-state index contributed by atoms with van der Waals surface area (Å²) in [5.74, 6) is -5.92. The van der Waals surface area contributed by atoms with Gasteiger partial charge in [-0.15, -0.1) is 0 Å². The van der Waals surface area contributed by atoms with Crippen molar-refractivity contribution in [3.05, 3.63) is 47.6 Å². The van der Waals surface area contributed by atoms with Crippen molar-refractivity contribution in [1.82, 2.24) is 4.90 Å². The molecule has 3 aliphatic heterocycles. The lowest BCUT2D eigenvalue weighted by Crippen LogP contribution is -2.60. The van der Waals surface area contributed by atoms with Crippen molar-refractivity contribution < 1.29 is 57.4 Å². The number of aliphatic hydroxyl groups excluding tert-OH is 1. The number of hydrogen-bond donors (Lipinski definition) is 2. The second kappa shape index (κ2) is 25.9. The number of carbonyl (C=O) groups is 4. The number of piperidine rings is 1. The minimum atomic E-state index is -2.74. The van der Waals surface area contributed by atoms with Crippen molar-refractivity contribution in [3.8, 4) is 0 Å². The minimum absolute atomic E-state index is 0.0499. The van der Waals surface area contributed by atoms with Crippen LogP contribution >= 0.6 is 7.37 Å². The molecule has 4 aliphatic rings. The van der Waals surface area contributed by atoms with Gasteiger partial charge in [-0.1, -0.05) is 83.6 Å². The first-order valence-corrected chi connectivity index (χ1v) is 27.7. The number of fused-ring (bicyclic) bond motifs is 3. The molecule has 67 heavy (non-hydrogen) atoms. The zero-order valence-corrected chi connectivity index (χ0v) is 43.7. The van der Waals surface area contributed by atoms with Gasteiger partial charge >= 0.3 is 5.97 Å². The first kappa shape index (κ1) is 56.8. The molecule has 1 amide bonds. The van der Waals surface area contributed by atoms with Gasteiger partial charge in [-0.3, -0.25) is 18.9 Å². The van der Waals surface area contributed by atoms with E-state index in [1.807, 2.05) is 51.2 Å². The number of rotatable bonds is 7. The second-order valence-electron chi connectivity index (χ2n) is 21.2. The van der Waals surface area contributed by atoms with Gasteiger partial charge in [0, 0.05) is 45.9 Å². The number of nitrogens with zero attached hydrogens (tertiary/aromatic N) is 1. The van der Waals surface area contributed by atoms with Gasteiger partial charge < -0.3 is 38.6 Å². The van der Waals surface area contributed by atoms with Crippen LogP contribution in [0.4, 0.5) is 0 Å². The maximum atomic E-state index is 14.5. The lowest BCUT2D eigenvalue weighted by atomic mass is 9.78. The summed E-state index contributed by atoms with van der Waals surface area (Å²) >= 11 is 0. The Labute approximate surface area is 402 Å². The summed E-state index contributed by atoms with van der Waals surface area (Å²) in [6, 6.07) is -1.02. The van der Waals surface area contributed by atoms with Crippen LogP contribution in [-0.2, 0) is 47.2 Å². The Hall–Kier alpha value is -2.77. The summed E-state index contributed by atoms with van der Waals surface area (Å²) in [4.78, 5) is 58.0. The molecule has 3 fully saturated rings. The van der Waals surface area contributed by atoms with E-state index in [1.54, 1.807) is 34.3 Å². The number of cyclic esters (lactones) is 1. The molecule has 0 aromatic rings. The third-order valence-electron chi connectivity index (χ3n) is 15.0. The van der Waals surface area contributed by atoms with Crippen molar-refractivity contribution in [2.24, 2.45) is 41.4 Å². The summed E-state index contributed by atoms with van der Waals surface area (Å²) in [6.45, 7) is 19.0. The van der Waals surface area contributed by atoms with E-state index >= 15 is 0 Å². The van der Waals surface area contributed by atoms with Crippen LogP contribution < -0.4 is 0 Å². The van der Waals surface area contributed by atoms with E-state index < -0.39 is 67.2 Å². The number of ketones is 2. The van der Waals surface area contributed by atoms with Crippen LogP contribution in [0.5, 0.6) is 0 Å². The van der Waals surface area contributed by atoms with Gasteiger partial charge in [0.15, 0.2) is 13.2 Å². The van der Waals surface area contributed by atoms with Crippen molar-refractivity contribution in [3.63, 3.8) is 0 Å². The van der Waals surface area contributed by atoms with Gasteiger partial charge in [0.1, 0.15) is 24.4 Å². The fraction of sp³-hybridized carbons (Fsp3) is 0.774. The van der Waals surface area contributed by atoms with Crippen LogP contribution in [0.25, 0.3) is 0 Å². The van der Waals surface area contributed by atoms with Crippen LogP contribution in [0.3, 0.4) is 0 Å². The third-order valence-corrected chi connectivity index (χ3v) is 15.8. The number of hydrogen-bond acceptors (Lipinski definition) is 12. The molecule has 15 atom stereocenters. The highest BCUT2D eigenvalue weighted by atomic mass is 31.2. The van der Waals surface area contributed by atoms with Crippen LogP contribution in [0.1, 0.15) is 139 Å². The van der Waals surface area contributed by atoms with E-state index in [4.69, 9.17) is 23.5 Å². The number of aliphatic hydroxyl groups is 2. The lowest BCUT2D eigenvalue weighted by molar-refractivity contribution is -0.264. The molecule has 2 bridgehead atoms. The largest absolute Gasteiger partial charge is 0.461 e. The summed E-state index contributed by atoms with van der Waals surface area (Å²) in [5.41, 5.74) is 1.70. The van der Waals surface area contributed by atoms with Gasteiger partial charge in [-0.05, 0) is 132 Å². The summed E-state index contributed by atoms with van der Waals surface area (Å²) in [6.07, 6.45) is 15.9. The molecular formula is C53H86NO12P. The first-order valence-electron chi connectivity index (χ1n) is 25.2. The van der Waals surface area contributed by atoms with E-state index in [-0.39, 0.29) is 60.0 Å². The van der Waals surface area contributed by atoms with E-state index in [9.17, 15) is 34.0 Å². The molecule has 2 N–H and O–H groups in total. The van der Waals surface area contributed by atoms with Crippen LogP contribution in [0.15, 0.2) is 47.6 Å². The quantitative estimate of drug-likeness (QED) is 0.107. The second-order valence-corrected chi connectivity index (χ2v) is 23.9. The number of ether oxygens (including phenoxy) is 4. The topological polar surface area (TPSA) is 175 Å². The molecule has 380 valence electrons. The van der Waals surface area contributed by atoms with Gasteiger partial charge in [0.25, 0.3) is 11.7 Å². The van der Waals surface area contributed by atoms with Gasteiger partial charge in [-0.25, -0.2) is 4.79 Å². The summed E-state index contributed by atoms with van der Waals surface area (Å²) < 4.78 is 42.7. The molecule has 0 aromatic heterocycles. The fourth-order valence-corrected chi connectivity index (χ4v) is 11.6. The van der Waals surface area contributed by atoms with E-state index in [1.165, 1.54) is 12.0 Å². The molecule has 0 radical (unpaired) electrons. The van der Waals surface area contributed by atoms with Crippen LogP contribution in [0.2, 0.25) is 0 Å². The predicted octanol–water partition coefficient (Wildman–Crippen LogP) is 9.18. The average molecular weight is 960 g/mol. The Morgan fingerprint density at radius 3 is 2.21 bits per heavy atom. The highest BCUT2D eigenvalue weighted by Gasteiger charge is 2.53. The van der Waals surface area contributed by atoms with Gasteiger partial charge in [0.05, 0.1) is 18.3 Å². The van der Waals surface area contributed by atoms with E-state index in [0.29, 0.717) is 82.6 Å². The molecule has 1 aliphatic carbocycles. The smallest absolute Gasteiger partial charge is 0.329 e. The molecule has 1 saturated carbocycles. The number of carbonyl (C=O) groups excluding carboxylic acids is 4. The van der Waals surface area contributed by atoms with E-state index in [0.717, 1.165) is 12.0 Å². The van der Waals surface area contributed by atoms with Crippen molar-refractivity contribution in [2.75, 3.05) is 34.1 Å². The van der Waals surface area contributed by atoms with Crippen molar-refractivity contribution in [1.29, 1.82) is 0 Å². The predicted molar refractivity (Wildman–Crippen MR) is 261 cm³/mol. The Morgan fingerprint density at radius 1 is 0.821 bits per heavy atom. The van der Waals surface area contributed by atoms with Crippen molar-refractivity contribution >= 4 is 30.8 Å². The summed E-state index contributed by atoms with van der Waals surface area (Å²) in [7, 11) is 0.352. The zero-order valence-electron chi connectivity index (χ0n) is 42.8. The molecule has 0 spiro atoms. The molecule has 13 nitrogen and oxygen atoms in total. The Bertz CT molecular complexity index is 1840. The standard InChI is InChI=1S/C53H86NO12P/c1-33-18-14-13-15-19-35(3)36(4)31-42-24-22-40(8)53(60,65-42)50(57)51(58)54-27-17-16-20-43(54)52(59)64-44(37(5)30-41-23-26-45(46(32-41)62-9)66-67(11,12)61)25-21-34(2)29-39(7)48(56)49(63-10)47(55)38(6)28-33/h13-15,18-19,29,33-34,36-38,40-46,48-49,56,60H,16-17,20-28,30-32H2,1-12H3/b15-13+,18-14+,35-19+,39-29+/t33-,34+,36?,37-,38-,40-,41+,42+,43+,44+,45-,46-,48-,49+,53-/m1/s1. The Kier molecular flexibility index (Phi) is 22.0. The highest BCUT2D eigenvalue weighted by Crippen LogP contribution is 2.45. The average Bonchev–Trinajstić information content (AvgIpc) is 3.27. The molecular weight excluding hydrogens is 874 g/mol. The lowest BCUT2D eigenvalue weighted by Gasteiger charge is -2.42. The number of allylic oxidation sites excluding steroid dienone is 7. The van der Waals surface area contributed by atoms with Crippen LogP contribution in [0, 0.1) is 41.4 Å². The summed E-state index contributed by atoms with van der Waals surface area (Å²) in [5, 5.41) is 23.5. The maximum Gasteiger partial charge on any atom is 0.329 e. The first-order chi connectivity index (χ1) is 31.5. The van der Waals surface area contributed by atoms with Crippen LogP contribution in [-0.4, -0.2) is 121 Å². The molecule has 0 aromatic carbocycles. The zero-order chi connectivity index (χ0) is 49.8. The SMILES string of the molecule is CO[C@@H]1C[C@H](C[C@@H](C)[C@@H]2CC[C@H](C)/C=C(\C)[C@@H](O)[C@@H](OC)C(=O)[C@H](C)C[C@H](C)/C=C/C=C/C=C(\C)C(C)C[C@@H]3CC[C@@H](C)[C@@](O)(O3)C(=O)C(=O)N3CCCC[C@H]3C(=O)O2)CC[C@H]1OP(C)(C)=O. The monoisotopic (exact) mass is 960 g/mol. The normalized spacial score (nSPS) is 39.8. The van der Waals surface area contributed by atoms with Gasteiger partial charge in [-0.2, -0.15) is 0 Å². The molecule has 3 heterocycles.